The van der Waals surface area contributed by atoms with Crippen molar-refractivity contribution in [2.24, 2.45) is 0 Å². The fraction of sp³-hybridized carbons (Fsp3) is 0.400. The van der Waals surface area contributed by atoms with Crippen LogP contribution in [0.1, 0.15) is 22.3 Å². The number of nitrogens with zero attached hydrogens (tertiary/aromatic N) is 2. The van der Waals surface area contributed by atoms with Crippen molar-refractivity contribution in [2.75, 3.05) is 31.1 Å². The van der Waals surface area contributed by atoms with Gasteiger partial charge in [-0.1, -0.05) is 42.0 Å². The van der Waals surface area contributed by atoms with Crippen LogP contribution in [0, 0.1) is 20.8 Å². The Hall–Kier alpha value is -1.80. The number of rotatable bonds is 3. The van der Waals surface area contributed by atoms with Crippen LogP contribution >= 0.6 is 0 Å². The highest BCUT2D eigenvalue weighted by Crippen LogP contribution is 2.24. The zero-order chi connectivity index (χ0) is 15.5. The normalized spacial score (nSPS) is 16.0. The number of aryl methyl sites for hydroxylation is 2. The first-order chi connectivity index (χ1) is 10.6. The summed E-state index contributed by atoms with van der Waals surface area (Å²) in [5, 5.41) is 0. The molecular weight excluding hydrogens is 268 g/mol. The summed E-state index contributed by atoms with van der Waals surface area (Å²) >= 11 is 0. The summed E-state index contributed by atoms with van der Waals surface area (Å²) in [5.74, 6) is 0. The van der Waals surface area contributed by atoms with E-state index in [-0.39, 0.29) is 0 Å². The third kappa shape index (κ3) is 3.33. The molecule has 0 bridgehead atoms. The molecule has 0 aromatic heterocycles. The number of piperazine rings is 1. The van der Waals surface area contributed by atoms with E-state index in [0.29, 0.717) is 0 Å². The predicted molar refractivity (Wildman–Crippen MR) is 94.6 cm³/mol. The van der Waals surface area contributed by atoms with Crippen LogP contribution in [-0.4, -0.2) is 31.1 Å². The number of hydrogen-bond donors (Lipinski definition) is 0. The molecular formula is C20H26N2. The maximum absolute atomic E-state index is 2.57. The SMILES string of the molecule is Cc1cccc(CN2CCN(c3cccc(C)c3C)CC2)c1. The molecule has 2 aromatic rings. The van der Waals surface area contributed by atoms with Crippen LogP contribution in [0.25, 0.3) is 0 Å². The zero-order valence-corrected chi connectivity index (χ0v) is 14.0. The van der Waals surface area contributed by atoms with Crippen LogP contribution in [0.2, 0.25) is 0 Å². The van der Waals surface area contributed by atoms with E-state index in [1.54, 1.807) is 0 Å². The van der Waals surface area contributed by atoms with Gasteiger partial charge in [-0.2, -0.15) is 0 Å². The summed E-state index contributed by atoms with van der Waals surface area (Å²) in [4.78, 5) is 5.10. The smallest absolute Gasteiger partial charge is 0.0399 e. The van der Waals surface area contributed by atoms with Crippen LogP contribution in [-0.2, 0) is 6.54 Å². The van der Waals surface area contributed by atoms with Crippen LogP contribution < -0.4 is 4.90 Å². The first-order valence-corrected chi connectivity index (χ1v) is 8.22. The molecule has 1 aliphatic heterocycles. The second-order valence-corrected chi connectivity index (χ2v) is 6.47. The highest BCUT2D eigenvalue weighted by atomic mass is 15.3. The topological polar surface area (TPSA) is 6.48 Å². The number of hydrogen-bond acceptors (Lipinski definition) is 2. The lowest BCUT2D eigenvalue weighted by molar-refractivity contribution is 0.250. The lowest BCUT2D eigenvalue weighted by Gasteiger charge is -2.37. The van der Waals surface area contributed by atoms with Gasteiger partial charge in [-0.25, -0.2) is 0 Å². The molecule has 1 fully saturated rings. The van der Waals surface area contributed by atoms with Crippen LogP contribution in [0.3, 0.4) is 0 Å². The Morgan fingerprint density at radius 1 is 0.864 bits per heavy atom. The van der Waals surface area contributed by atoms with Crippen molar-refractivity contribution in [1.82, 2.24) is 4.90 Å². The van der Waals surface area contributed by atoms with Crippen molar-refractivity contribution in [2.45, 2.75) is 27.3 Å². The standard InChI is InChI=1S/C20H26N2/c1-16-6-4-8-19(14-16)15-21-10-12-22(13-11-21)20-9-5-7-17(2)18(20)3/h4-9,14H,10-13,15H2,1-3H3. The van der Waals surface area contributed by atoms with Crippen LogP contribution in [0.15, 0.2) is 42.5 Å². The first kappa shape index (κ1) is 15.1. The number of anilines is 1. The molecule has 2 heteroatoms. The van der Waals surface area contributed by atoms with Gasteiger partial charge in [0, 0.05) is 38.4 Å². The molecule has 3 rings (SSSR count). The lowest BCUT2D eigenvalue weighted by atomic mass is 10.1. The van der Waals surface area contributed by atoms with Gasteiger partial charge in [0.1, 0.15) is 0 Å². The minimum absolute atomic E-state index is 1.07. The Balaban J connectivity index is 1.62. The molecule has 1 aliphatic rings. The molecule has 0 saturated carbocycles. The van der Waals surface area contributed by atoms with Gasteiger partial charge in [0.25, 0.3) is 0 Å². The first-order valence-electron chi connectivity index (χ1n) is 8.22. The Labute approximate surface area is 134 Å². The lowest BCUT2D eigenvalue weighted by Crippen LogP contribution is -2.46. The average molecular weight is 294 g/mol. The van der Waals surface area contributed by atoms with E-state index >= 15 is 0 Å². The molecule has 0 aliphatic carbocycles. The molecule has 0 spiro atoms. The minimum Gasteiger partial charge on any atom is -0.369 e. The van der Waals surface area contributed by atoms with Gasteiger partial charge >= 0.3 is 0 Å². The molecule has 1 heterocycles. The summed E-state index contributed by atoms with van der Waals surface area (Å²) < 4.78 is 0. The fourth-order valence-electron chi connectivity index (χ4n) is 3.29. The maximum atomic E-state index is 2.57. The van der Waals surface area contributed by atoms with E-state index in [1.807, 2.05) is 0 Å². The Morgan fingerprint density at radius 3 is 2.32 bits per heavy atom. The second-order valence-electron chi connectivity index (χ2n) is 6.47. The highest BCUT2D eigenvalue weighted by molar-refractivity contribution is 5.56. The van der Waals surface area contributed by atoms with Crippen molar-refractivity contribution in [3.05, 3.63) is 64.7 Å². The molecule has 0 amide bonds. The van der Waals surface area contributed by atoms with Gasteiger partial charge in [-0.05, 0) is 43.5 Å². The predicted octanol–water partition coefficient (Wildman–Crippen LogP) is 3.93. The van der Waals surface area contributed by atoms with Crippen molar-refractivity contribution in [1.29, 1.82) is 0 Å². The van der Waals surface area contributed by atoms with E-state index in [9.17, 15) is 0 Å². The van der Waals surface area contributed by atoms with E-state index in [4.69, 9.17) is 0 Å². The molecule has 2 aromatic carbocycles. The molecule has 0 unspecified atom stereocenters. The minimum atomic E-state index is 1.07. The van der Waals surface area contributed by atoms with Gasteiger partial charge in [0.15, 0.2) is 0 Å². The van der Waals surface area contributed by atoms with E-state index < -0.39 is 0 Å². The van der Waals surface area contributed by atoms with Crippen LogP contribution in [0.4, 0.5) is 5.69 Å². The summed E-state index contributed by atoms with van der Waals surface area (Å²) in [7, 11) is 0. The third-order valence-corrected chi connectivity index (χ3v) is 4.78. The summed E-state index contributed by atoms with van der Waals surface area (Å²) in [5.41, 5.74) is 7.01. The highest BCUT2D eigenvalue weighted by Gasteiger charge is 2.18. The largest absolute Gasteiger partial charge is 0.369 e. The molecule has 2 nitrogen and oxygen atoms in total. The fourth-order valence-corrected chi connectivity index (χ4v) is 3.29. The monoisotopic (exact) mass is 294 g/mol. The van der Waals surface area contributed by atoms with Crippen molar-refractivity contribution in [3.8, 4) is 0 Å². The van der Waals surface area contributed by atoms with Crippen molar-refractivity contribution < 1.29 is 0 Å². The zero-order valence-electron chi connectivity index (χ0n) is 14.0. The molecule has 22 heavy (non-hydrogen) atoms. The van der Waals surface area contributed by atoms with Crippen LogP contribution in [0.5, 0.6) is 0 Å². The molecule has 0 atom stereocenters. The Morgan fingerprint density at radius 2 is 1.59 bits per heavy atom. The van der Waals surface area contributed by atoms with Gasteiger partial charge in [-0.3, -0.25) is 4.90 Å². The number of benzene rings is 2. The summed E-state index contributed by atoms with van der Waals surface area (Å²) in [6.07, 6.45) is 0. The average Bonchev–Trinajstić information content (AvgIpc) is 2.51. The van der Waals surface area contributed by atoms with E-state index in [2.05, 4.69) is 73.0 Å². The molecule has 0 N–H and O–H groups in total. The Bertz CT molecular complexity index is 640. The molecule has 0 radical (unpaired) electrons. The molecule has 1 saturated heterocycles. The summed E-state index contributed by atoms with van der Waals surface area (Å²) in [6.45, 7) is 12.2. The van der Waals surface area contributed by atoms with Gasteiger partial charge in [-0.15, -0.1) is 0 Å². The second kappa shape index (κ2) is 6.53. The third-order valence-electron chi connectivity index (χ3n) is 4.78. The van der Waals surface area contributed by atoms with E-state index in [0.717, 1.165) is 32.7 Å². The van der Waals surface area contributed by atoms with Crippen molar-refractivity contribution >= 4 is 5.69 Å². The Kier molecular flexibility index (Phi) is 4.49. The van der Waals surface area contributed by atoms with Crippen molar-refractivity contribution in [3.63, 3.8) is 0 Å². The maximum Gasteiger partial charge on any atom is 0.0399 e. The van der Waals surface area contributed by atoms with Gasteiger partial charge in [0.05, 0.1) is 0 Å². The van der Waals surface area contributed by atoms with Gasteiger partial charge < -0.3 is 4.90 Å². The van der Waals surface area contributed by atoms with E-state index in [1.165, 1.54) is 27.9 Å². The van der Waals surface area contributed by atoms with Gasteiger partial charge in [0.2, 0.25) is 0 Å². The molecule has 116 valence electrons. The summed E-state index contributed by atoms with van der Waals surface area (Å²) in [6, 6.07) is 15.5. The quantitative estimate of drug-likeness (QED) is 0.846.